The zero-order valence-electron chi connectivity index (χ0n) is 11.6. The summed E-state index contributed by atoms with van der Waals surface area (Å²) in [5, 5.41) is 3.90. The predicted molar refractivity (Wildman–Crippen MR) is 79.9 cm³/mol. The van der Waals surface area contributed by atoms with Gasteiger partial charge in [-0.3, -0.25) is 4.21 Å². The van der Waals surface area contributed by atoms with E-state index >= 15 is 0 Å². The van der Waals surface area contributed by atoms with Crippen LogP contribution in [0.25, 0.3) is 0 Å². The van der Waals surface area contributed by atoms with Gasteiger partial charge >= 0.3 is 0 Å². The molecule has 0 spiro atoms. The molecule has 0 aliphatic rings. The summed E-state index contributed by atoms with van der Waals surface area (Å²) in [5.41, 5.74) is 3.29. The smallest absolute Gasteiger partial charge is 0.135 e. The second-order valence-electron chi connectivity index (χ2n) is 5.58. The van der Waals surface area contributed by atoms with Crippen LogP contribution in [0.4, 0.5) is 0 Å². The summed E-state index contributed by atoms with van der Waals surface area (Å²) in [4.78, 5) is 0. The fourth-order valence-electron chi connectivity index (χ4n) is 1.75. The van der Waals surface area contributed by atoms with Crippen molar-refractivity contribution in [2.75, 3.05) is 0 Å². The van der Waals surface area contributed by atoms with Gasteiger partial charge in [-0.05, 0) is 35.0 Å². The lowest BCUT2D eigenvalue weighted by molar-refractivity contribution is 0.590. The number of hydrogen-bond donors (Lipinski definition) is 0. The van der Waals surface area contributed by atoms with Gasteiger partial charge in [-0.15, -0.1) is 5.10 Å². The Morgan fingerprint density at radius 1 is 1.21 bits per heavy atom. The van der Waals surface area contributed by atoms with E-state index in [4.69, 9.17) is 0 Å². The van der Waals surface area contributed by atoms with Gasteiger partial charge in [-0.2, -0.15) is 0 Å². The normalized spacial score (nSPS) is 13.5. The lowest BCUT2D eigenvalue weighted by Crippen LogP contribution is -2.10. The molecule has 0 saturated heterocycles. The van der Waals surface area contributed by atoms with Crippen molar-refractivity contribution in [2.45, 2.75) is 43.1 Å². The van der Waals surface area contributed by atoms with Gasteiger partial charge in [0.1, 0.15) is 4.21 Å². The highest BCUT2D eigenvalue weighted by Gasteiger charge is 2.15. The first-order chi connectivity index (χ1) is 8.88. The second kappa shape index (κ2) is 5.51. The van der Waals surface area contributed by atoms with E-state index in [9.17, 15) is 4.21 Å². The Bertz CT molecular complexity index is 582. The lowest BCUT2D eigenvalue weighted by Gasteiger charge is -2.19. The molecule has 1 heterocycles. The predicted octanol–water partition coefficient (Wildman–Crippen LogP) is 3.45. The first-order valence-electron chi connectivity index (χ1n) is 6.14. The Morgan fingerprint density at radius 3 is 2.32 bits per heavy atom. The largest absolute Gasteiger partial charge is 0.253 e. The Kier molecular flexibility index (Phi) is 4.16. The number of nitrogens with zero attached hydrogens (tertiary/aromatic N) is 2. The van der Waals surface area contributed by atoms with Crippen molar-refractivity contribution >= 4 is 22.3 Å². The zero-order valence-corrected chi connectivity index (χ0v) is 13.3. The summed E-state index contributed by atoms with van der Waals surface area (Å²) in [5.74, 6) is 0.523. The molecule has 0 bridgehead atoms. The summed E-state index contributed by atoms with van der Waals surface area (Å²) < 4.78 is 16.8. The van der Waals surface area contributed by atoms with Gasteiger partial charge < -0.3 is 0 Å². The molecule has 102 valence electrons. The molecule has 0 radical (unpaired) electrons. The van der Waals surface area contributed by atoms with Crippen molar-refractivity contribution in [2.24, 2.45) is 0 Å². The molecule has 0 N–H and O–H groups in total. The molecule has 5 heteroatoms. The van der Waals surface area contributed by atoms with Crippen molar-refractivity contribution in [3.8, 4) is 0 Å². The summed E-state index contributed by atoms with van der Waals surface area (Å²) in [6, 6.07) is 8.35. The molecule has 19 heavy (non-hydrogen) atoms. The average molecular weight is 294 g/mol. The van der Waals surface area contributed by atoms with Gasteiger partial charge in [-0.1, -0.05) is 49.5 Å². The average Bonchev–Trinajstić information content (AvgIpc) is 2.75. The fraction of sp³-hybridized carbons (Fsp3) is 0.429. The van der Waals surface area contributed by atoms with Gasteiger partial charge in [0.15, 0.2) is 0 Å². The molecule has 1 atom stereocenters. The van der Waals surface area contributed by atoms with E-state index in [0.29, 0.717) is 5.75 Å². The second-order valence-corrected chi connectivity index (χ2v) is 7.98. The van der Waals surface area contributed by atoms with Crippen LogP contribution in [0.5, 0.6) is 0 Å². The third-order valence-corrected chi connectivity index (χ3v) is 5.64. The molecule has 0 unspecified atom stereocenters. The minimum atomic E-state index is -1.05. The summed E-state index contributed by atoms with van der Waals surface area (Å²) in [6.45, 7) is 8.41. The van der Waals surface area contributed by atoms with Crippen LogP contribution in [0.3, 0.4) is 0 Å². The van der Waals surface area contributed by atoms with Crippen LogP contribution in [-0.4, -0.2) is 13.8 Å². The van der Waals surface area contributed by atoms with E-state index in [2.05, 4.69) is 54.6 Å². The molecule has 2 rings (SSSR count). The Hall–Kier alpha value is -1.07. The van der Waals surface area contributed by atoms with Crippen molar-refractivity contribution < 1.29 is 4.21 Å². The van der Waals surface area contributed by atoms with Gasteiger partial charge in [0.2, 0.25) is 0 Å². The summed E-state index contributed by atoms with van der Waals surface area (Å²) in [6.07, 6.45) is 0. The number of benzene rings is 1. The van der Waals surface area contributed by atoms with Gasteiger partial charge in [-0.25, -0.2) is 0 Å². The molecular formula is C14H18N2OS2. The number of aromatic nitrogens is 2. The molecule has 2 aromatic rings. The maximum Gasteiger partial charge on any atom is 0.135 e. The molecule has 0 aliphatic heterocycles. The highest BCUT2D eigenvalue weighted by Crippen LogP contribution is 2.23. The third-order valence-electron chi connectivity index (χ3n) is 2.93. The van der Waals surface area contributed by atoms with Crippen molar-refractivity contribution in [3.05, 3.63) is 41.1 Å². The maximum absolute atomic E-state index is 12.2. The molecule has 0 amide bonds. The first-order valence-corrected chi connectivity index (χ1v) is 8.24. The van der Waals surface area contributed by atoms with E-state index < -0.39 is 10.8 Å². The van der Waals surface area contributed by atoms with E-state index in [-0.39, 0.29) is 5.41 Å². The minimum absolute atomic E-state index is 0.149. The van der Waals surface area contributed by atoms with Crippen LogP contribution >= 0.6 is 11.5 Å². The van der Waals surface area contributed by atoms with Crippen molar-refractivity contribution in [1.29, 1.82) is 0 Å². The Labute approximate surface area is 120 Å². The lowest BCUT2D eigenvalue weighted by atomic mass is 9.87. The fourth-order valence-corrected chi connectivity index (χ4v) is 3.77. The number of rotatable bonds is 3. The summed E-state index contributed by atoms with van der Waals surface area (Å²) >= 11 is 1.22. The maximum atomic E-state index is 12.2. The van der Waals surface area contributed by atoms with Crippen LogP contribution in [-0.2, 0) is 22.0 Å². The quantitative estimate of drug-likeness (QED) is 0.870. The van der Waals surface area contributed by atoms with Gasteiger partial charge in [0, 0.05) is 0 Å². The van der Waals surface area contributed by atoms with Gasteiger partial charge in [0.25, 0.3) is 0 Å². The van der Waals surface area contributed by atoms with Crippen LogP contribution in [0, 0.1) is 6.92 Å². The van der Waals surface area contributed by atoms with Crippen LogP contribution in [0.2, 0.25) is 0 Å². The van der Waals surface area contributed by atoms with Crippen molar-refractivity contribution in [1.82, 2.24) is 9.59 Å². The van der Waals surface area contributed by atoms with E-state index in [0.717, 1.165) is 15.5 Å². The monoisotopic (exact) mass is 294 g/mol. The van der Waals surface area contributed by atoms with E-state index in [1.165, 1.54) is 17.1 Å². The van der Waals surface area contributed by atoms with Crippen molar-refractivity contribution in [3.63, 3.8) is 0 Å². The van der Waals surface area contributed by atoms with Gasteiger partial charge in [0.05, 0.1) is 22.2 Å². The molecule has 0 fully saturated rings. The molecule has 0 aliphatic carbocycles. The van der Waals surface area contributed by atoms with Crippen LogP contribution < -0.4 is 0 Å². The van der Waals surface area contributed by atoms with Crippen LogP contribution in [0.1, 0.15) is 37.6 Å². The molecule has 0 saturated carbocycles. The molecule has 1 aromatic heterocycles. The highest BCUT2D eigenvalue weighted by molar-refractivity contribution is 7.86. The molecule has 1 aromatic carbocycles. The van der Waals surface area contributed by atoms with E-state index in [1.54, 1.807) is 0 Å². The number of aryl methyl sites for hydroxylation is 1. The highest BCUT2D eigenvalue weighted by atomic mass is 32.2. The Balaban J connectivity index is 2.12. The molecule has 3 nitrogen and oxygen atoms in total. The third kappa shape index (κ3) is 3.48. The SMILES string of the molecule is Cc1nnsc1[S@@](=O)Cc1ccc(C(C)(C)C)cc1. The van der Waals surface area contributed by atoms with Crippen LogP contribution in [0.15, 0.2) is 28.5 Å². The summed E-state index contributed by atoms with van der Waals surface area (Å²) in [7, 11) is -1.05. The Morgan fingerprint density at radius 2 is 1.84 bits per heavy atom. The topological polar surface area (TPSA) is 42.9 Å². The zero-order chi connectivity index (χ0) is 14.0. The standard InChI is InChI=1S/C14H18N2OS2/c1-10-13(18-16-15-10)19(17)9-11-5-7-12(8-6-11)14(2,3)4/h5-8H,9H2,1-4H3/t19-/m0/s1. The van der Waals surface area contributed by atoms with E-state index in [1.807, 2.05) is 6.92 Å². The first kappa shape index (κ1) is 14.3. The minimum Gasteiger partial charge on any atom is -0.253 e. The molecular weight excluding hydrogens is 276 g/mol. The number of hydrogen-bond acceptors (Lipinski definition) is 4.